The molecule has 0 saturated carbocycles. The first-order valence-electron chi connectivity index (χ1n) is 6.27. The van der Waals surface area contributed by atoms with Crippen LogP contribution in [-0.2, 0) is 9.53 Å². The first-order chi connectivity index (χ1) is 10.9. The molecule has 8 heteroatoms. The molecular weight excluding hydrogens is 365 g/mol. The number of hydrogen-bond acceptors (Lipinski definition) is 4. The van der Waals surface area contributed by atoms with Crippen LogP contribution < -0.4 is 5.32 Å². The second-order valence-electron chi connectivity index (χ2n) is 4.41. The smallest absolute Gasteiger partial charge is 0.342 e. The second kappa shape index (κ2) is 7.55. The molecule has 0 aliphatic rings. The molecule has 0 saturated heterocycles. The Bertz CT molecular complexity index is 764. The summed E-state index contributed by atoms with van der Waals surface area (Å²) in [6, 6.07) is 8.48. The largest absolute Gasteiger partial charge is 0.507 e. The maximum Gasteiger partial charge on any atom is 0.342 e. The van der Waals surface area contributed by atoms with Crippen molar-refractivity contribution in [3.63, 3.8) is 0 Å². The molecule has 0 radical (unpaired) electrons. The molecule has 2 N–H and O–H groups in total. The topological polar surface area (TPSA) is 75.6 Å². The van der Waals surface area contributed by atoms with Gasteiger partial charge in [-0.15, -0.1) is 0 Å². The Morgan fingerprint density at radius 1 is 1.04 bits per heavy atom. The number of benzene rings is 2. The third-order valence-corrected chi connectivity index (χ3v) is 3.52. The van der Waals surface area contributed by atoms with Crippen LogP contribution in [0.4, 0.5) is 5.69 Å². The molecule has 0 spiro atoms. The number of phenolic OH excluding ortho intramolecular Hbond substituents is 1. The molecule has 120 valence electrons. The molecule has 0 aromatic heterocycles. The van der Waals surface area contributed by atoms with E-state index in [0.29, 0.717) is 15.7 Å². The number of anilines is 1. The van der Waals surface area contributed by atoms with Crippen molar-refractivity contribution in [3.05, 3.63) is 57.0 Å². The number of phenols is 1. The summed E-state index contributed by atoms with van der Waals surface area (Å²) < 4.78 is 4.82. The summed E-state index contributed by atoms with van der Waals surface area (Å²) in [7, 11) is 0. The Morgan fingerprint density at radius 2 is 1.70 bits per heavy atom. The van der Waals surface area contributed by atoms with Crippen molar-refractivity contribution >= 4 is 52.4 Å². The molecule has 0 aliphatic heterocycles. The van der Waals surface area contributed by atoms with Crippen molar-refractivity contribution in [2.45, 2.75) is 0 Å². The van der Waals surface area contributed by atoms with Crippen molar-refractivity contribution in [2.75, 3.05) is 11.9 Å². The molecule has 0 fully saturated rings. The van der Waals surface area contributed by atoms with Crippen molar-refractivity contribution in [3.8, 4) is 5.75 Å². The monoisotopic (exact) mass is 373 g/mol. The second-order valence-corrected chi connectivity index (χ2v) is 5.69. The van der Waals surface area contributed by atoms with E-state index >= 15 is 0 Å². The average Bonchev–Trinajstić information content (AvgIpc) is 2.48. The van der Waals surface area contributed by atoms with Crippen molar-refractivity contribution in [2.24, 2.45) is 0 Å². The standard InChI is InChI=1S/C15H10Cl3NO4/c16-8-2-4-11(18)12(5-8)19-14(21)7-23-15(22)10-3-1-9(17)6-13(10)20/h1-6,20H,7H2,(H,19,21). The molecule has 5 nitrogen and oxygen atoms in total. The molecule has 2 aromatic rings. The summed E-state index contributed by atoms with van der Waals surface area (Å²) in [6.45, 7) is -0.552. The summed E-state index contributed by atoms with van der Waals surface area (Å²) >= 11 is 17.4. The Labute approximate surface area is 146 Å². The van der Waals surface area contributed by atoms with E-state index in [1.807, 2.05) is 0 Å². The summed E-state index contributed by atoms with van der Waals surface area (Å²) in [5.41, 5.74) is 0.206. The number of rotatable bonds is 4. The summed E-state index contributed by atoms with van der Waals surface area (Å²) in [4.78, 5) is 23.6. The highest BCUT2D eigenvalue weighted by Crippen LogP contribution is 2.25. The maximum atomic E-state index is 11.8. The van der Waals surface area contributed by atoms with Gasteiger partial charge in [0.15, 0.2) is 6.61 Å². The Morgan fingerprint density at radius 3 is 2.39 bits per heavy atom. The van der Waals surface area contributed by atoms with Gasteiger partial charge >= 0.3 is 5.97 Å². The molecule has 0 heterocycles. The van der Waals surface area contributed by atoms with Crippen LogP contribution in [0.2, 0.25) is 15.1 Å². The maximum absolute atomic E-state index is 11.8. The number of halogens is 3. The van der Waals surface area contributed by atoms with E-state index in [-0.39, 0.29) is 16.3 Å². The van der Waals surface area contributed by atoms with Crippen LogP contribution in [0.3, 0.4) is 0 Å². The lowest BCUT2D eigenvalue weighted by Gasteiger charge is -2.09. The van der Waals surface area contributed by atoms with Crippen LogP contribution in [-0.4, -0.2) is 23.6 Å². The predicted octanol–water partition coefficient (Wildman–Crippen LogP) is 4.15. The highest BCUT2D eigenvalue weighted by molar-refractivity contribution is 6.35. The minimum absolute atomic E-state index is 0.0945. The van der Waals surface area contributed by atoms with Crippen molar-refractivity contribution in [1.82, 2.24) is 0 Å². The third kappa shape index (κ3) is 4.76. The normalized spacial score (nSPS) is 10.2. The molecular formula is C15H10Cl3NO4. The number of aromatic hydroxyl groups is 1. The quantitative estimate of drug-likeness (QED) is 0.788. The number of esters is 1. The van der Waals surface area contributed by atoms with Gasteiger partial charge in [0.25, 0.3) is 5.91 Å². The van der Waals surface area contributed by atoms with Gasteiger partial charge in [-0.25, -0.2) is 4.79 Å². The lowest BCUT2D eigenvalue weighted by molar-refractivity contribution is -0.119. The zero-order valence-electron chi connectivity index (χ0n) is 11.5. The van der Waals surface area contributed by atoms with Crippen LogP contribution in [0.1, 0.15) is 10.4 Å². The van der Waals surface area contributed by atoms with E-state index in [2.05, 4.69) is 5.32 Å². The van der Waals surface area contributed by atoms with E-state index in [4.69, 9.17) is 39.5 Å². The van der Waals surface area contributed by atoms with E-state index in [9.17, 15) is 14.7 Å². The minimum Gasteiger partial charge on any atom is -0.507 e. The fourth-order valence-electron chi connectivity index (χ4n) is 1.67. The molecule has 0 aliphatic carbocycles. The molecule has 0 bridgehead atoms. The van der Waals surface area contributed by atoms with Gasteiger partial charge in [0.05, 0.1) is 10.7 Å². The van der Waals surface area contributed by atoms with Crippen molar-refractivity contribution < 1.29 is 19.4 Å². The molecule has 23 heavy (non-hydrogen) atoms. The molecule has 0 atom stereocenters. The van der Waals surface area contributed by atoms with Gasteiger partial charge in [0, 0.05) is 10.0 Å². The minimum atomic E-state index is -0.855. The van der Waals surface area contributed by atoms with E-state index in [1.165, 1.54) is 30.3 Å². The highest BCUT2D eigenvalue weighted by Gasteiger charge is 2.15. The predicted molar refractivity (Wildman–Crippen MR) is 88.5 cm³/mol. The first-order valence-corrected chi connectivity index (χ1v) is 7.41. The molecule has 0 unspecified atom stereocenters. The Kier molecular flexibility index (Phi) is 5.71. The molecule has 2 rings (SSSR count). The number of carbonyl (C=O) groups excluding carboxylic acids is 2. The summed E-state index contributed by atoms with van der Waals surface area (Å²) in [6.07, 6.45) is 0. The van der Waals surface area contributed by atoms with E-state index < -0.39 is 18.5 Å². The summed E-state index contributed by atoms with van der Waals surface area (Å²) in [5, 5.41) is 13.0. The third-order valence-electron chi connectivity index (χ3n) is 2.72. The van der Waals surface area contributed by atoms with Gasteiger partial charge in [-0.05, 0) is 36.4 Å². The number of carbonyl (C=O) groups is 2. The van der Waals surface area contributed by atoms with E-state index in [0.717, 1.165) is 0 Å². The number of ether oxygens (including phenoxy) is 1. The SMILES string of the molecule is O=C(COC(=O)c1ccc(Cl)cc1O)Nc1cc(Cl)ccc1Cl. The Balaban J connectivity index is 1.96. The van der Waals surface area contributed by atoms with Gasteiger partial charge in [0.1, 0.15) is 11.3 Å². The molecule has 1 amide bonds. The van der Waals surface area contributed by atoms with Crippen LogP contribution in [0.5, 0.6) is 5.75 Å². The zero-order valence-corrected chi connectivity index (χ0v) is 13.7. The zero-order chi connectivity index (χ0) is 17.0. The van der Waals surface area contributed by atoms with Gasteiger partial charge in [-0.2, -0.15) is 0 Å². The van der Waals surface area contributed by atoms with Gasteiger partial charge in [0.2, 0.25) is 0 Å². The highest BCUT2D eigenvalue weighted by atomic mass is 35.5. The average molecular weight is 375 g/mol. The van der Waals surface area contributed by atoms with Crippen molar-refractivity contribution in [1.29, 1.82) is 0 Å². The van der Waals surface area contributed by atoms with E-state index in [1.54, 1.807) is 6.07 Å². The number of amides is 1. The van der Waals surface area contributed by atoms with Crippen LogP contribution in [0.25, 0.3) is 0 Å². The van der Waals surface area contributed by atoms with Crippen LogP contribution in [0.15, 0.2) is 36.4 Å². The summed E-state index contributed by atoms with van der Waals surface area (Å²) in [5.74, 6) is -1.79. The number of hydrogen-bond donors (Lipinski definition) is 2. The van der Waals surface area contributed by atoms with Gasteiger partial charge in [-0.3, -0.25) is 4.79 Å². The Hall–Kier alpha value is -1.95. The number of nitrogens with one attached hydrogen (secondary N) is 1. The van der Waals surface area contributed by atoms with Crippen LogP contribution in [0, 0.1) is 0 Å². The lowest BCUT2D eigenvalue weighted by atomic mass is 10.2. The fourth-order valence-corrected chi connectivity index (χ4v) is 2.17. The molecule has 2 aromatic carbocycles. The van der Waals surface area contributed by atoms with Crippen LogP contribution >= 0.6 is 34.8 Å². The lowest BCUT2D eigenvalue weighted by Crippen LogP contribution is -2.21. The fraction of sp³-hybridized carbons (Fsp3) is 0.0667. The first kappa shape index (κ1) is 17.4. The van der Waals surface area contributed by atoms with Gasteiger partial charge < -0.3 is 15.2 Å². The van der Waals surface area contributed by atoms with Gasteiger partial charge in [-0.1, -0.05) is 34.8 Å².